The fourth-order valence-corrected chi connectivity index (χ4v) is 3.07. The molecule has 2 rings (SSSR count). The second-order valence-corrected chi connectivity index (χ2v) is 4.84. The third kappa shape index (κ3) is 2.56. The van der Waals surface area contributed by atoms with Crippen molar-refractivity contribution in [3.8, 4) is 0 Å². The summed E-state index contributed by atoms with van der Waals surface area (Å²) >= 11 is 0. The molecule has 1 aliphatic carbocycles. The van der Waals surface area contributed by atoms with Crippen LogP contribution in [0.1, 0.15) is 25.7 Å². The molecular weight excluding hydrogens is 204 g/mol. The molecule has 2 fully saturated rings. The molecule has 0 aromatic carbocycles. The van der Waals surface area contributed by atoms with Gasteiger partial charge in [0, 0.05) is 32.3 Å². The Bertz CT molecular complexity index is 211. The standard InChI is InChI=1S/C12H24N2O2/c1-15-9-10(8-13)14-6-7-16-12-5-3-2-4-11(12)14/h10-12H,2-9,13H2,1H3. The molecule has 0 aromatic rings. The number of fused-ring (bicyclic) bond motifs is 1. The van der Waals surface area contributed by atoms with E-state index in [9.17, 15) is 0 Å². The molecule has 1 saturated carbocycles. The number of hydrogen-bond donors (Lipinski definition) is 1. The third-order valence-electron chi connectivity index (χ3n) is 3.88. The van der Waals surface area contributed by atoms with E-state index in [4.69, 9.17) is 15.2 Å². The van der Waals surface area contributed by atoms with Crippen molar-refractivity contribution in [3.05, 3.63) is 0 Å². The summed E-state index contributed by atoms with van der Waals surface area (Å²) in [7, 11) is 1.75. The van der Waals surface area contributed by atoms with Gasteiger partial charge in [-0.3, -0.25) is 4.90 Å². The van der Waals surface area contributed by atoms with Crippen LogP contribution in [0.5, 0.6) is 0 Å². The van der Waals surface area contributed by atoms with E-state index in [1.54, 1.807) is 7.11 Å². The third-order valence-corrected chi connectivity index (χ3v) is 3.88. The lowest BCUT2D eigenvalue weighted by Gasteiger charge is -2.46. The molecule has 1 saturated heterocycles. The molecule has 2 aliphatic rings. The van der Waals surface area contributed by atoms with Crippen LogP contribution in [0, 0.1) is 0 Å². The van der Waals surface area contributed by atoms with Gasteiger partial charge < -0.3 is 15.2 Å². The lowest BCUT2D eigenvalue weighted by atomic mass is 9.89. The van der Waals surface area contributed by atoms with Crippen molar-refractivity contribution < 1.29 is 9.47 Å². The first-order valence-corrected chi connectivity index (χ1v) is 6.43. The molecule has 3 unspecified atom stereocenters. The van der Waals surface area contributed by atoms with E-state index in [1.165, 1.54) is 25.7 Å². The van der Waals surface area contributed by atoms with Gasteiger partial charge in [-0.15, -0.1) is 0 Å². The predicted molar refractivity (Wildman–Crippen MR) is 63.4 cm³/mol. The zero-order chi connectivity index (χ0) is 11.4. The smallest absolute Gasteiger partial charge is 0.0731 e. The summed E-state index contributed by atoms with van der Waals surface area (Å²) in [6.45, 7) is 3.27. The summed E-state index contributed by atoms with van der Waals surface area (Å²) in [4.78, 5) is 2.52. The molecule has 1 aliphatic heterocycles. The van der Waals surface area contributed by atoms with Gasteiger partial charge in [0.05, 0.1) is 19.3 Å². The van der Waals surface area contributed by atoms with E-state index in [2.05, 4.69) is 4.90 Å². The first kappa shape index (κ1) is 12.3. The number of ether oxygens (including phenoxy) is 2. The second-order valence-electron chi connectivity index (χ2n) is 4.84. The van der Waals surface area contributed by atoms with Crippen molar-refractivity contribution in [2.24, 2.45) is 5.73 Å². The minimum Gasteiger partial charge on any atom is -0.383 e. The van der Waals surface area contributed by atoms with Crippen molar-refractivity contribution in [2.75, 3.05) is 33.4 Å². The minimum absolute atomic E-state index is 0.361. The Morgan fingerprint density at radius 3 is 3.00 bits per heavy atom. The number of nitrogens with two attached hydrogens (primary N) is 1. The molecule has 0 aromatic heterocycles. The van der Waals surface area contributed by atoms with Gasteiger partial charge in [0.2, 0.25) is 0 Å². The Labute approximate surface area is 98.1 Å². The zero-order valence-electron chi connectivity index (χ0n) is 10.2. The SMILES string of the molecule is COCC(CN)N1CCOC2CCCCC21. The summed E-state index contributed by atoms with van der Waals surface area (Å²) < 4.78 is 11.1. The molecular formula is C12H24N2O2. The first-order valence-electron chi connectivity index (χ1n) is 6.43. The van der Waals surface area contributed by atoms with Crippen LogP contribution in [0.4, 0.5) is 0 Å². The maximum Gasteiger partial charge on any atom is 0.0731 e. The Morgan fingerprint density at radius 2 is 2.25 bits per heavy atom. The molecule has 0 spiro atoms. The van der Waals surface area contributed by atoms with Crippen LogP contribution in [-0.2, 0) is 9.47 Å². The van der Waals surface area contributed by atoms with E-state index in [0.29, 0.717) is 24.7 Å². The Balaban J connectivity index is 2.00. The highest BCUT2D eigenvalue weighted by molar-refractivity contribution is 4.90. The summed E-state index contributed by atoms with van der Waals surface area (Å²) in [6.07, 6.45) is 5.54. The Kier molecular flexibility index (Phi) is 4.58. The van der Waals surface area contributed by atoms with E-state index < -0.39 is 0 Å². The maximum atomic E-state index is 5.86. The molecule has 0 amide bonds. The van der Waals surface area contributed by atoms with Crippen LogP contribution in [0.25, 0.3) is 0 Å². The van der Waals surface area contributed by atoms with E-state index in [0.717, 1.165) is 19.8 Å². The van der Waals surface area contributed by atoms with Gasteiger partial charge in [0.15, 0.2) is 0 Å². The number of methoxy groups -OCH3 is 1. The van der Waals surface area contributed by atoms with Crippen LogP contribution in [0.15, 0.2) is 0 Å². The van der Waals surface area contributed by atoms with Crippen LogP contribution >= 0.6 is 0 Å². The number of nitrogens with zero attached hydrogens (tertiary/aromatic N) is 1. The van der Waals surface area contributed by atoms with Crippen LogP contribution < -0.4 is 5.73 Å². The largest absolute Gasteiger partial charge is 0.383 e. The second kappa shape index (κ2) is 5.96. The average Bonchev–Trinajstić information content (AvgIpc) is 2.35. The zero-order valence-corrected chi connectivity index (χ0v) is 10.2. The van der Waals surface area contributed by atoms with Gasteiger partial charge in [0.1, 0.15) is 0 Å². The average molecular weight is 228 g/mol. The first-order chi connectivity index (χ1) is 7.86. The van der Waals surface area contributed by atoms with E-state index >= 15 is 0 Å². The minimum atomic E-state index is 0.361. The summed E-state index contributed by atoms with van der Waals surface area (Å²) in [5, 5.41) is 0. The molecule has 0 radical (unpaired) electrons. The van der Waals surface area contributed by atoms with Gasteiger partial charge in [0.25, 0.3) is 0 Å². The number of morpholine rings is 1. The lowest BCUT2D eigenvalue weighted by Crippen LogP contribution is -2.59. The van der Waals surface area contributed by atoms with Crippen LogP contribution in [0.3, 0.4) is 0 Å². The van der Waals surface area contributed by atoms with E-state index in [-0.39, 0.29) is 0 Å². The van der Waals surface area contributed by atoms with Crippen LogP contribution in [-0.4, -0.2) is 56.5 Å². The highest BCUT2D eigenvalue weighted by Gasteiger charge is 2.36. The molecule has 4 nitrogen and oxygen atoms in total. The predicted octanol–water partition coefficient (Wildman–Crippen LogP) is 0.604. The number of rotatable bonds is 4. The maximum absolute atomic E-state index is 5.86. The summed E-state index contributed by atoms with van der Waals surface area (Å²) in [5.74, 6) is 0. The molecule has 16 heavy (non-hydrogen) atoms. The molecule has 0 bridgehead atoms. The Morgan fingerprint density at radius 1 is 1.44 bits per heavy atom. The van der Waals surface area contributed by atoms with Crippen molar-refractivity contribution in [3.63, 3.8) is 0 Å². The fraction of sp³-hybridized carbons (Fsp3) is 1.00. The molecule has 94 valence electrons. The highest BCUT2D eigenvalue weighted by Crippen LogP contribution is 2.29. The van der Waals surface area contributed by atoms with Gasteiger partial charge in [-0.05, 0) is 12.8 Å². The van der Waals surface area contributed by atoms with Gasteiger partial charge in [-0.1, -0.05) is 12.8 Å². The van der Waals surface area contributed by atoms with E-state index in [1.807, 2.05) is 0 Å². The molecule has 3 atom stereocenters. The summed E-state index contributed by atoms with van der Waals surface area (Å²) in [5.41, 5.74) is 5.85. The molecule has 2 N–H and O–H groups in total. The quantitative estimate of drug-likeness (QED) is 0.765. The van der Waals surface area contributed by atoms with Crippen molar-refractivity contribution in [1.29, 1.82) is 0 Å². The topological polar surface area (TPSA) is 47.7 Å². The number of hydrogen-bond acceptors (Lipinski definition) is 4. The van der Waals surface area contributed by atoms with Crippen molar-refractivity contribution in [2.45, 2.75) is 43.9 Å². The van der Waals surface area contributed by atoms with Crippen molar-refractivity contribution in [1.82, 2.24) is 4.90 Å². The lowest BCUT2D eigenvalue weighted by molar-refractivity contribution is -0.108. The molecule has 1 heterocycles. The normalized spacial score (nSPS) is 33.4. The monoisotopic (exact) mass is 228 g/mol. The van der Waals surface area contributed by atoms with Gasteiger partial charge in [-0.2, -0.15) is 0 Å². The van der Waals surface area contributed by atoms with Crippen LogP contribution in [0.2, 0.25) is 0 Å². The Hall–Kier alpha value is -0.160. The van der Waals surface area contributed by atoms with Crippen molar-refractivity contribution >= 4 is 0 Å². The fourth-order valence-electron chi connectivity index (χ4n) is 3.07. The molecule has 4 heteroatoms. The highest BCUT2D eigenvalue weighted by atomic mass is 16.5. The van der Waals surface area contributed by atoms with Gasteiger partial charge in [-0.25, -0.2) is 0 Å². The van der Waals surface area contributed by atoms with Gasteiger partial charge >= 0.3 is 0 Å². The summed E-state index contributed by atoms with van der Waals surface area (Å²) in [6, 6.07) is 0.936.